The van der Waals surface area contributed by atoms with E-state index in [1.165, 1.54) is 18.2 Å². The van der Waals surface area contributed by atoms with Crippen LogP contribution in [0.1, 0.15) is 22.8 Å². The molecule has 1 saturated heterocycles. The van der Waals surface area contributed by atoms with E-state index in [-0.39, 0.29) is 18.7 Å². The Morgan fingerprint density at radius 1 is 1.15 bits per heavy atom. The largest absolute Gasteiger partial charge is 0.478 e. The second-order valence-corrected chi connectivity index (χ2v) is 4.23. The van der Waals surface area contributed by atoms with Crippen LogP contribution in [0.25, 0.3) is 0 Å². The summed E-state index contributed by atoms with van der Waals surface area (Å²) in [5.41, 5.74) is 0.526. The number of hydrogen-bond acceptors (Lipinski definition) is 4. The molecule has 1 aliphatic heterocycles. The van der Waals surface area contributed by atoms with Crippen molar-refractivity contribution >= 4 is 23.8 Å². The maximum absolute atomic E-state index is 11.9. The number of likely N-dealkylation sites (N-methyl/N-ethyl adjacent to an activating group) is 1. The normalized spacial score (nSPS) is 15.2. The van der Waals surface area contributed by atoms with E-state index in [1.807, 2.05) is 0 Å². The zero-order chi connectivity index (χ0) is 14.9. The van der Waals surface area contributed by atoms with Crippen LogP contribution in [-0.4, -0.2) is 45.3 Å². The molecular weight excluding hydrogens is 264 g/mol. The highest BCUT2D eigenvalue weighted by Gasteiger charge is 2.43. The molecule has 2 rings (SSSR count). The van der Waals surface area contributed by atoms with Gasteiger partial charge in [-0.05, 0) is 24.6 Å². The average molecular weight is 276 g/mol. The molecule has 0 bridgehead atoms. The molecule has 1 aromatic rings. The van der Waals surface area contributed by atoms with Crippen LogP contribution in [-0.2, 0) is 16.1 Å². The zero-order valence-electron chi connectivity index (χ0n) is 10.7. The highest BCUT2D eigenvalue weighted by atomic mass is 16.4. The van der Waals surface area contributed by atoms with E-state index in [0.717, 1.165) is 9.80 Å². The summed E-state index contributed by atoms with van der Waals surface area (Å²) in [4.78, 5) is 47.6. The summed E-state index contributed by atoms with van der Waals surface area (Å²) >= 11 is 0. The summed E-state index contributed by atoms with van der Waals surface area (Å²) < 4.78 is 0. The fraction of sp³-hybridized carbons (Fsp3) is 0.231. The molecule has 0 spiro atoms. The number of amides is 4. The van der Waals surface area contributed by atoms with Crippen LogP contribution >= 0.6 is 0 Å². The molecule has 0 atom stereocenters. The van der Waals surface area contributed by atoms with Crippen molar-refractivity contribution in [2.45, 2.75) is 13.5 Å². The van der Waals surface area contributed by atoms with Crippen molar-refractivity contribution in [3.8, 4) is 0 Å². The Kier molecular flexibility index (Phi) is 3.51. The van der Waals surface area contributed by atoms with Crippen molar-refractivity contribution in [3.63, 3.8) is 0 Å². The standard InChI is InChI=1S/C13H12N2O5/c1-2-14-10(16)11(17)15(13(14)20)7-8-4-3-5-9(6-8)12(18)19/h3-6H,2,7H2,1H3,(H,18,19). The van der Waals surface area contributed by atoms with Crippen LogP contribution in [0.15, 0.2) is 24.3 Å². The van der Waals surface area contributed by atoms with Gasteiger partial charge in [-0.1, -0.05) is 12.1 Å². The van der Waals surface area contributed by atoms with Crippen LogP contribution in [0, 0.1) is 0 Å². The fourth-order valence-corrected chi connectivity index (χ4v) is 1.95. The summed E-state index contributed by atoms with van der Waals surface area (Å²) in [6, 6.07) is 5.20. The average Bonchev–Trinajstić information content (AvgIpc) is 2.63. The number of imide groups is 2. The van der Waals surface area contributed by atoms with E-state index in [4.69, 9.17) is 5.11 Å². The highest BCUT2D eigenvalue weighted by Crippen LogP contribution is 2.16. The van der Waals surface area contributed by atoms with Crippen molar-refractivity contribution in [2.75, 3.05) is 6.54 Å². The number of rotatable bonds is 4. The van der Waals surface area contributed by atoms with Gasteiger partial charge in [-0.3, -0.25) is 19.4 Å². The number of nitrogens with zero attached hydrogens (tertiary/aromatic N) is 2. The quantitative estimate of drug-likeness (QED) is 0.645. The molecule has 1 heterocycles. The smallest absolute Gasteiger partial charge is 0.335 e. The van der Waals surface area contributed by atoms with Gasteiger partial charge in [0.1, 0.15) is 0 Å². The minimum Gasteiger partial charge on any atom is -0.478 e. The Morgan fingerprint density at radius 2 is 1.80 bits per heavy atom. The molecule has 0 aliphatic carbocycles. The first-order chi connectivity index (χ1) is 9.45. The molecule has 1 aliphatic rings. The summed E-state index contributed by atoms with van der Waals surface area (Å²) in [6.45, 7) is 1.59. The second kappa shape index (κ2) is 5.12. The Hall–Kier alpha value is -2.70. The molecule has 0 saturated carbocycles. The van der Waals surface area contributed by atoms with Gasteiger partial charge in [0.15, 0.2) is 0 Å². The predicted octanol–water partition coefficient (Wildman–Crippen LogP) is 0.695. The number of hydrogen-bond donors (Lipinski definition) is 1. The third-order valence-electron chi connectivity index (χ3n) is 2.97. The third kappa shape index (κ3) is 2.25. The van der Waals surface area contributed by atoms with E-state index in [1.54, 1.807) is 13.0 Å². The van der Waals surface area contributed by atoms with Crippen LogP contribution < -0.4 is 0 Å². The molecule has 4 amide bonds. The maximum Gasteiger partial charge on any atom is 0.335 e. The van der Waals surface area contributed by atoms with Crippen molar-refractivity contribution in [1.82, 2.24) is 9.80 Å². The van der Waals surface area contributed by atoms with Gasteiger partial charge in [-0.15, -0.1) is 0 Å². The van der Waals surface area contributed by atoms with Gasteiger partial charge in [0.25, 0.3) is 0 Å². The maximum atomic E-state index is 11.9. The Bertz CT molecular complexity index is 611. The Balaban J connectivity index is 2.24. The SMILES string of the molecule is CCN1C(=O)C(=O)N(Cc2cccc(C(=O)O)c2)C1=O. The summed E-state index contributed by atoms with van der Waals surface area (Å²) in [5.74, 6) is -2.85. The van der Waals surface area contributed by atoms with E-state index < -0.39 is 23.8 Å². The second-order valence-electron chi connectivity index (χ2n) is 4.23. The molecule has 20 heavy (non-hydrogen) atoms. The molecule has 7 nitrogen and oxygen atoms in total. The first-order valence-corrected chi connectivity index (χ1v) is 5.95. The molecule has 1 fully saturated rings. The number of carboxylic acid groups (broad SMARTS) is 1. The summed E-state index contributed by atoms with van der Waals surface area (Å²) in [6.07, 6.45) is 0. The number of aromatic carboxylic acids is 1. The van der Waals surface area contributed by atoms with Crippen molar-refractivity contribution in [1.29, 1.82) is 0 Å². The van der Waals surface area contributed by atoms with Crippen molar-refractivity contribution in [3.05, 3.63) is 35.4 Å². The van der Waals surface area contributed by atoms with Crippen LogP contribution in [0.4, 0.5) is 4.79 Å². The van der Waals surface area contributed by atoms with Gasteiger partial charge < -0.3 is 5.11 Å². The number of carbonyl (C=O) groups is 4. The highest BCUT2D eigenvalue weighted by molar-refractivity contribution is 6.44. The number of urea groups is 1. The Morgan fingerprint density at radius 3 is 2.35 bits per heavy atom. The Labute approximate surface area is 114 Å². The number of carbonyl (C=O) groups excluding carboxylic acids is 3. The van der Waals surface area contributed by atoms with Gasteiger partial charge in [0, 0.05) is 6.54 Å². The molecular formula is C13H12N2O5. The van der Waals surface area contributed by atoms with Crippen LogP contribution in [0.2, 0.25) is 0 Å². The molecule has 1 N–H and O–H groups in total. The molecule has 0 aromatic heterocycles. The van der Waals surface area contributed by atoms with E-state index in [9.17, 15) is 19.2 Å². The third-order valence-corrected chi connectivity index (χ3v) is 2.97. The predicted molar refractivity (Wildman–Crippen MR) is 66.7 cm³/mol. The zero-order valence-corrected chi connectivity index (χ0v) is 10.7. The van der Waals surface area contributed by atoms with E-state index in [0.29, 0.717) is 5.56 Å². The van der Waals surface area contributed by atoms with Gasteiger partial charge in [0.05, 0.1) is 12.1 Å². The molecule has 0 radical (unpaired) electrons. The minimum atomic E-state index is -1.10. The lowest BCUT2D eigenvalue weighted by molar-refractivity contribution is -0.143. The molecule has 104 valence electrons. The topological polar surface area (TPSA) is 95.0 Å². The van der Waals surface area contributed by atoms with E-state index >= 15 is 0 Å². The van der Waals surface area contributed by atoms with Crippen molar-refractivity contribution < 1.29 is 24.3 Å². The number of carboxylic acids is 1. The lowest BCUT2D eigenvalue weighted by atomic mass is 10.1. The fourth-order valence-electron chi connectivity index (χ4n) is 1.95. The summed E-state index contributed by atoms with van der Waals surface area (Å²) in [5, 5.41) is 8.89. The van der Waals surface area contributed by atoms with Gasteiger partial charge in [0.2, 0.25) is 0 Å². The van der Waals surface area contributed by atoms with Crippen molar-refractivity contribution in [2.24, 2.45) is 0 Å². The molecule has 7 heteroatoms. The van der Waals surface area contributed by atoms with Crippen LogP contribution in [0.5, 0.6) is 0 Å². The van der Waals surface area contributed by atoms with Gasteiger partial charge in [-0.25, -0.2) is 9.59 Å². The lowest BCUT2D eigenvalue weighted by Gasteiger charge is -2.14. The monoisotopic (exact) mass is 276 g/mol. The molecule has 0 unspecified atom stereocenters. The first-order valence-electron chi connectivity index (χ1n) is 5.95. The molecule has 1 aromatic carbocycles. The van der Waals surface area contributed by atoms with Crippen LogP contribution in [0.3, 0.4) is 0 Å². The minimum absolute atomic E-state index is 0.0558. The lowest BCUT2D eigenvalue weighted by Crippen LogP contribution is -2.32. The van der Waals surface area contributed by atoms with Gasteiger partial charge >= 0.3 is 23.8 Å². The van der Waals surface area contributed by atoms with E-state index in [2.05, 4.69) is 0 Å². The summed E-state index contributed by atoms with van der Waals surface area (Å²) in [7, 11) is 0. The number of benzene rings is 1. The first kappa shape index (κ1) is 13.7. The van der Waals surface area contributed by atoms with Gasteiger partial charge in [-0.2, -0.15) is 0 Å².